The van der Waals surface area contributed by atoms with Crippen LogP contribution in [0, 0.1) is 12.7 Å². The molecule has 2 rings (SSSR count). The summed E-state index contributed by atoms with van der Waals surface area (Å²) in [5.74, 6) is -0.157. The highest BCUT2D eigenvalue weighted by atomic mass is 19.1. The molecule has 0 saturated carbocycles. The average molecular weight is 194 g/mol. The van der Waals surface area contributed by atoms with Crippen LogP contribution in [0.5, 0.6) is 0 Å². The van der Waals surface area contributed by atoms with Gasteiger partial charge < -0.3 is 11.5 Å². The molecule has 14 heavy (non-hydrogen) atoms. The second-order valence-corrected chi connectivity index (χ2v) is 3.97. The molecule has 0 saturated heterocycles. The van der Waals surface area contributed by atoms with Gasteiger partial charge in [0.1, 0.15) is 5.82 Å². The van der Waals surface area contributed by atoms with E-state index >= 15 is 0 Å². The molecule has 0 amide bonds. The summed E-state index contributed by atoms with van der Waals surface area (Å²) in [4.78, 5) is 0. The van der Waals surface area contributed by atoms with Gasteiger partial charge in [-0.25, -0.2) is 4.39 Å². The van der Waals surface area contributed by atoms with Crippen LogP contribution in [-0.4, -0.2) is 0 Å². The third kappa shape index (κ3) is 1.28. The van der Waals surface area contributed by atoms with E-state index in [2.05, 4.69) is 0 Å². The van der Waals surface area contributed by atoms with Crippen molar-refractivity contribution in [1.82, 2.24) is 0 Å². The van der Waals surface area contributed by atoms with Gasteiger partial charge in [0.15, 0.2) is 0 Å². The molecule has 1 aliphatic carbocycles. The molecule has 0 aromatic heterocycles. The minimum absolute atomic E-state index is 0.0452. The summed E-state index contributed by atoms with van der Waals surface area (Å²) in [6, 6.07) is 1.79. The molecule has 76 valence electrons. The lowest BCUT2D eigenvalue weighted by Crippen LogP contribution is -2.19. The Morgan fingerprint density at radius 2 is 2.21 bits per heavy atom. The summed E-state index contributed by atoms with van der Waals surface area (Å²) in [6.07, 6.45) is 2.68. The molecule has 1 atom stereocenters. The average Bonchev–Trinajstić information content (AvgIpc) is 2.17. The summed E-state index contributed by atoms with van der Waals surface area (Å²) in [6.45, 7) is 1.71. The number of nitrogen functional groups attached to an aromatic ring is 1. The zero-order chi connectivity index (χ0) is 10.3. The number of hydrogen-bond donors (Lipinski definition) is 2. The molecule has 1 aromatic rings. The number of halogens is 1. The van der Waals surface area contributed by atoms with Crippen LogP contribution in [0.25, 0.3) is 0 Å². The SMILES string of the molecule is Cc1c(N)cc2c(c1F)CCCC2N. The highest BCUT2D eigenvalue weighted by Gasteiger charge is 2.22. The van der Waals surface area contributed by atoms with Crippen LogP contribution in [0.15, 0.2) is 6.07 Å². The molecule has 0 heterocycles. The molecule has 1 aromatic carbocycles. The lowest BCUT2D eigenvalue weighted by Gasteiger charge is -2.24. The zero-order valence-electron chi connectivity index (χ0n) is 8.31. The van der Waals surface area contributed by atoms with E-state index in [0.717, 1.165) is 30.4 Å². The third-order valence-electron chi connectivity index (χ3n) is 3.03. The van der Waals surface area contributed by atoms with Crippen LogP contribution >= 0.6 is 0 Å². The smallest absolute Gasteiger partial charge is 0.131 e. The Bertz CT molecular complexity index is 374. The molecule has 0 radical (unpaired) electrons. The largest absolute Gasteiger partial charge is 0.398 e. The second-order valence-electron chi connectivity index (χ2n) is 3.97. The standard InChI is InChI=1S/C11H15FN2/c1-6-10(14)5-8-7(11(6)12)3-2-4-9(8)13/h5,9H,2-4,13-14H2,1H3. The van der Waals surface area contributed by atoms with Crippen LogP contribution in [0.1, 0.15) is 35.6 Å². The molecule has 0 fully saturated rings. The first-order valence-electron chi connectivity index (χ1n) is 4.94. The van der Waals surface area contributed by atoms with Crippen molar-refractivity contribution in [3.05, 3.63) is 28.6 Å². The van der Waals surface area contributed by atoms with Crippen LogP contribution in [0.3, 0.4) is 0 Å². The summed E-state index contributed by atoms with van der Waals surface area (Å²) in [5, 5.41) is 0. The fourth-order valence-corrected chi connectivity index (χ4v) is 2.08. The highest BCUT2D eigenvalue weighted by molar-refractivity contribution is 5.54. The lowest BCUT2D eigenvalue weighted by molar-refractivity contribution is 0.529. The maximum Gasteiger partial charge on any atom is 0.131 e. The molecule has 3 heteroatoms. The molecule has 1 unspecified atom stereocenters. The Labute approximate surface area is 83.1 Å². The fraction of sp³-hybridized carbons (Fsp3) is 0.455. The van der Waals surface area contributed by atoms with E-state index in [-0.39, 0.29) is 11.9 Å². The van der Waals surface area contributed by atoms with Crippen molar-refractivity contribution in [1.29, 1.82) is 0 Å². The summed E-state index contributed by atoms with van der Waals surface area (Å²) < 4.78 is 13.8. The Morgan fingerprint density at radius 3 is 2.93 bits per heavy atom. The van der Waals surface area contributed by atoms with Gasteiger partial charge in [-0.15, -0.1) is 0 Å². The van der Waals surface area contributed by atoms with Crippen molar-refractivity contribution in [3.8, 4) is 0 Å². The summed E-state index contributed by atoms with van der Waals surface area (Å²) >= 11 is 0. The van der Waals surface area contributed by atoms with E-state index in [1.807, 2.05) is 6.07 Å². The van der Waals surface area contributed by atoms with E-state index in [0.29, 0.717) is 11.3 Å². The number of hydrogen-bond acceptors (Lipinski definition) is 2. The maximum absolute atomic E-state index is 13.8. The van der Waals surface area contributed by atoms with Gasteiger partial charge in [0.25, 0.3) is 0 Å². The third-order valence-corrected chi connectivity index (χ3v) is 3.03. The van der Waals surface area contributed by atoms with Crippen LogP contribution in [-0.2, 0) is 6.42 Å². The van der Waals surface area contributed by atoms with Crippen LogP contribution in [0.4, 0.5) is 10.1 Å². The number of anilines is 1. The molecule has 0 bridgehead atoms. The molecule has 0 aliphatic heterocycles. The van der Waals surface area contributed by atoms with Crippen molar-refractivity contribution < 1.29 is 4.39 Å². The first-order valence-corrected chi connectivity index (χ1v) is 4.94. The van der Waals surface area contributed by atoms with E-state index in [1.54, 1.807) is 6.92 Å². The number of fused-ring (bicyclic) bond motifs is 1. The van der Waals surface area contributed by atoms with Gasteiger partial charge >= 0.3 is 0 Å². The first kappa shape index (κ1) is 9.46. The van der Waals surface area contributed by atoms with Gasteiger partial charge in [-0.2, -0.15) is 0 Å². The van der Waals surface area contributed by atoms with Crippen molar-refractivity contribution in [2.45, 2.75) is 32.2 Å². The molecule has 1 aliphatic rings. The fourth-order valence-electron chi connectivity index (χ4n) is 2.08. The molecule has 2 nitrogen and oxygen atoms in total. The number of nitrogens with two attached hydrogens (primary N) is 2. The lowest BCUT2D eigenvalue weighted by atomic mass is 9.86. The highest BCUT2D eigenvalue weighted by Crippen LogP contribution is 2.33. The normalized spacial score (nSPS) is 20.6. The summed E-state index contributed by atoms with van der Waals surface area (Å²) in [5.41, 5.74) is 14.4. The number of rotatable bonds is 0. The van der Waals surface area contributed by atoms with E-state index in [1.165, 1.54) is 0 Å². The monoisotopic (exact) mass is 194 g/mol. The van der Waals surface area contributed by atoms with Crippen molar-refractivity contribution in [3.63, 3.8) is 0 Å². The van der Waals surface area contributed by atoms with Gasteiger partial charge in [0, 0.05) is 17.3 Å². The van der Waals surface area contributed by atoms with Gasteiger partial charge in [0.05, 0.1) is 0 Å². The Balaban J connectivity index is 2.63. The maximum atomic E-state index is 13.8. The topological polar surface area (TPSA) is 52.0 Å². The zero-order valence-corrected chi connectivity index (χ0v) is 8.31. The molecule has 4 N–H and O–H groups in total. The Kier molecular flexibility index (Phi) is 2.19. The van der Waals surface area contributed by atoms with Crippen molar-refractivity contribution in [2.75, 3.05) is 5.73 Å². The second kappa shape index (κ2) is 3.24. The van der Waals surface area contributed by atoms with E-state index in [4.69, 9.17) is 11.5 Å². The molecule has 0 spiro atoms. The molecular formula is C11H15FN2. The van der Waals surface area contributed by atoms with Crippen molar-refractivity contribution in [2.24, 2.45) is 5.73 Å². The minimum Gasteiger partial charge on any atom is -0.398 e. The Morgan fingerprint density at radius 1 is 1.50 bits per heavy atom. The van der Waals surface area contributed by atoms with Crippen LogP contribution < -0.4 is 11.5 Å². The van der Waals surface area contributed by atoms with Gasteiger partial charge in [-0.1, -0.05) is 0 Å². The van der Waals surface area contributed by atoms with E-state index in [9.17, 15) is 4.39 Å². The predicted octanol–water partition coefficient (Wildman–Crippen LogP) is 2.05. The number of benzene rings is 1. The Hall–Kier alpha value is -1.09. The predicted molar refractivity (Wildman–Crippen MR) is 55.4 cm³/mol. The van der Waals surface area contributed by atoms with Gasteiger partial charge in [-0.3, -0.25) is 0 Å². The van der Waals surface area contributed by atoms with Crippen LogP contribution in [0.2, 0.25) is 0 Å². The summed E-state index contributed by atoms with van der Waals surface area (Å²) in [7, 11) is 0. The molecular weight excluding hydrogens is 179 g/mol. The quantitative estimate of drug-likeness (QED) is 0.621. The van der Waals surface area contributed by atoms with Crippen molar-refractivity contribution >= 4 is 5.69 Å². The van der Waals surface area contributed by atoms with Gasteiger partial charge in [-0.05, 0) is 43.4 Å². The van der Waals surface area contributed by atoms with E-state index < -0.39 is 0 Å². The van der Waals surface area contributed by atoms with Gasteiger partial charge in [0.2, 0.25) is 0 Å². The first-order chi connectivity index (χ1) is 6.61. The minimum atomic E-state index is -0.157.